The molecule has 0 aliphatic heterocycles. The fourth-order valence-corrected chi connectivity index (χ4v) is 4.74. The summed E-state index contributed by atoms with van der Waals surface area (Å²) in [5.74, 6) is -1.25. The number of rotatable bonds is 2. The van der Waals surface area contributed by atoms with Crippen LogP contribution in [0.1, 0.15) is 56.9 Å². The van der Waals surface area contributed by atoms with Gasteiger partial charge in [-0.2, -0.15) is 0 Å². The molecule has 2 aliphatic rings. The zero-order valence-corrected chi connectivity index (χ0v) is 12.8. The number of carboxylic acid groups (broad SMARTS) is 1. The molecule has 0 aromatic heterocycles. The van der Waals surface area contributed by atoms with Gasteiger partial charge < -0.3 is 5.11 Å². The summed E-state index contributed by atoms with van der Waals surface area (Å²) >= 11 is 6.13. The number of benzene rings is 1. The second-order valence-corrected chi connectivity index (χ2v) is 7.19. The molecule has 4 heteroatoms. The molecule has 2 aliphatic carbocycles. The van der Waals surface area contributed by atoms with E-state index in [1.807, 2.05) is 0 Å². The molecule has 0 heterocycles. The van der Waals surface area contributed by atoms with Gasteiger partial charge in [0.1, 0.15) is 5.82 Å². The summed E-state index contributed by atoms with van der Waals surface area (Å²) in [5, 5.41) is 10.00. The molecule has 0 amide bonds. The van der Waals surface area contributed by atoms with E-state index in [9.17, 15) is 14.3 Å². The quantitative estimate of drug-likeness (QED) is 0.840. The summed E-state index contributed by atoms with van der Waals surface area (Å²) in [6.07, 6.45) is 8.38. The first-order chi connectivity index (χ1) is 9.97. The van der Waals surface area contributed by atoms with Crippen molar-refractivity contribution in [1.29, 1.82) is 0 Å². The first kappa shape index (κ1) is 14.8. The van der Waals surface area contributed by atoms with Crippen molar-refractivity contribution in [3.8, 4) is 0 Å². The number of hydrogen-bond acceptors (Lipinski definition) is 1. The summed E-state index contributed by atoms with van der Waals surface area (Å²) in [7, 11) is 0. The molecular weight excluding hydrogens is 291 g/mol. The Kier molecular flexibility index (Phi) is 3.73. The number of carboxylic acids is 1. The Hall–Kier alpha value is -1.09. The van der Waals surface area contributed by atoms with E-state index >= 15 is 0 Å². The number of carbonyl (C=O) groups is 1. The van der Waals surface area contributed by atoms with Crippen LogP contribution in [0.15, 0.2) is 18.2 Å². The van der Waals surface area contributed by atoms with Crippen LogP contribution in [0.25, 0.3) is 0 Å². The molecule has 0 saturated heterocycles. The Morgan fingerprint density at radius 3 is 2.29 bits per heavy atom. The molecule has 21 heavy (non-hydrogen) atoms. The lowest BCUT2D eigenvalue weighted by atomic mass is 9.48. The molecule has 1 aromatic rings. The fraction of sp³-hybridized carbons (Fsp3) is 0.588. The highest BCUT2D eigenvalue weighted by atomic mass is 35.5. The largest absolute Gasteiger partial charge is 0.481 e. The molecule has 1 spiro atoms. The lowest BCUT2D eigenvalue weighted by molar-refractivity contribution is -0.155. The molecule has 1 aromatic carbocycles. The molecule has 0 radical (unpaired) electrons. The third-order valence-corrected chi connectivity index (χ3v) is 5.69. The molecule has 0 bridgehead atoms. The molecule has 1 N–H and O–H groups in total. The van der Waals surface area contributed by atoms with Crippen LogP contribution in [0.4, 0.5) is 4.39 Å². The second kappa shape index (κ2) is 5.28. The van der Waals surface area contributed by atoms with E-state index in [0.717, 1.165) is 12.8 Å². The van der Waals surface area contributed by atoms with Gasteiger partial charge in [0.25, 0.3) is 0 Å². The summed E-state index contributed by atoms with van der Waals surface area (Å²) in [6.45, 7) is 0. The standard InChI is InChI=1S/C17H20ClFO2/c18-14-9-12(19)5-6-13(14)17(15(20)21)10-16(11-17)7-3-1-2-4-8-16/h5-6,9H,1-4,7-8,10-11H2,(H,20,21). The monoisotopic (exact) mass is 310 g/mol. The summed E-state index contributed by atoms with van der Waals surface area (Å²) in [6, 6.07) is 4.08. The minimum Gasteiger partial charge on any atom is -0.481 e. The predicted octanol–water partition coefficient (Wildman–Crippen LogP) is 4.94. The van der Waals surface area contributed by atoms with Gasteiger partial charge in [0, 0.05) is 5.02 Å². The fourth-order valence-electron chi connectivity index (χ4n) is 4.40. The van der Waals surface area contributed by atoms with Gasteiger partial charge >= 0.3 is 5.97 Å². The zero-order valence-electron chi connectivity index (χ0n) is 12.0. The van der Waals surface area contributed by atoms with Crippen molar-refractivity contribution in [2.45, 2.75) is 56.8 Å². The SMILES string of the molecule is O=C(O)C1(c2ccc(F)cc2Cl)CC2(CCCCCC2)C1. The van der Waals surface area contributed by atoms with Crippen molar-refractivity contribution in [2.75, 3.05) is 0 Å². The third-order valence-electron chi connectivity index (χ3n) is 5.37. The van der Waals surface area contributed by atoms with Crippen LogP contribution in [0.2, 0.25) is 5.02 Å². The first-order valence-electron chi connectivity index (χ1n) is 7.67. The maximum Gasteiger partial charge on any atom is 0.314 e. The Bertz CT molecular complexity index is 554. The maximum atomic E-state index is 13.2. The van der Waals surface area contributed by atoms with E-state index in [4.69, 9.17) is 11.6 Å². The highest BCUT2D eigenvalue weighted by molar-refractivity contribution is 6.31. The predicted molar refractivity (Wildman–Crippen MR) is 80.1 cm³/mol. The molecule has 3 rings (SSSR count). The Balaban J connectivity index is 1.91. The van der Waals surface area contributed by atoms with Crippen molar-refractivity contribution < 1.29 is 14.3 Å². The van der Waals surface area contributed by atoms with E-state index in [1.165, 1.54) is 37.8 Å². The summed E-state index contributed by atoms with van der Waals surface area (Å²) in [4.78, 5) is 11.9. The summed E-state index contributed by atoms with van der Waals surface area (Å²) < 4.78 is 13.2. The van der Waals surface area contributed by atoms with Crippen LogP contribution in [0, 0.1) is 11.2 Å². The van der Waals surface area contributed by atoms with E-state index in [2.05, 4.69) is 0 Å². The Morgan fingerprint density at radius 1 is 1.14 bits per heavy atom. The van der Waals surface area contributed by atoms with Crippen molar-refractivity contribution in [1.82, 2.24) is 0 Å². The average molecular weight is 311 g/mol. The first-order valence-corrected chi connectivity index (χ1v) is 8.04. The molecular formula is C17H20ClFO2. The Labute approximate surface area is 129 Å². The minimum atomic E-state index is -0.922. The lowest BCUT2D eigenvalue weighted by Gasteiger charge is -2.54. The zero-order chi connectivity index (χ0) is 15.1. The van der Waals surface area contributed by atoms with E-state index in [0.29, 0.717) is 18.4 Å². The molecule has 2 saturated carbocycles. The van der Waals surface area contributed by atoms with Gasteiger partial charge in [0.2, 0.25) is 0 Å². The van der Waals surface area contributed by atoms with Crippen LogP contribution in [-0.2, 0) is 10.2 Å². The number of hydrogen-bond donors (Lipinski definition) is 1. The van der Waals surface area contributed by atoms with Crippen molar-refractivity contribution >= 4 is 17.6 Å². The topological polar surface area (TPSA) is 37.3 Å². The summed E-state index contributed by atoms with van der Waals surface area (Å²) in [5.41, 5.74) is -0.185. The van der Waals surface area contributed by atoms with E-state index in [1.54, 1.807) is 6.07 Å². The van der Waals surface area contributed by atoms with Crippen LogP contribution in [-0.4, -0.2) is 11.1 Å². The molecule has 2 fully saturated rings. The van der Waals surface area contributed by atoms with E-state index in [-0.39, 0.29) is 10.4 Å². The van der Waals surface area contributed by atoms with E-state index < -0.39 is 17.2 Å². The molecule has 2 nitrogen and oxygen atoms in total. The Morgan fingerprint density at radius 2 is 1.76 bits per heavy atom. The van der Waals surface area contributed by atoms with Crippen molar-refractivity contribution in [3.63, 3.8) is 0 Å². The van der Waals surface area contributed by atoms with Crippen LogP contribution in [0.3, 0.4) is 0 Å². The van der Waals surface area contributed by atoms with Gasteiger partial charge in [-0.15, -0.1) is 0 Å². The van der Waals surface area contributed by atoms with Gasteiger partial charge in [0.05, 0.1) is 5.41 Å². The van der Waals surface area contributed by atoms with Crippen LogP contribution in [0.5, 0.6) is 0 Å². The average Bonchev–Trinajstić information content (AvgIpc) is 2.62. The van der Waals surface area contributed by atoms with Crippen molar-refractivity contribution in [2.24, 2.45) is 5.41 Å². The normalized spacial score (nSPS) is 23.3. The molecule has 0 unspecified atom stereocenters. The molecule has 0 atom stereocenters. The van der Waals surface area contributed by atoms with Gasteiger partial charge in [-0.05, 0) is 48.8 Å². The highest BCUT2D eigenvalue weighted by Gasteiger charge is 2.59. The highest BCUT2D eigenvalue weighted by Crippen LogP contribution is 2.62. The van der Waals surface area contributed by atoms with Gasteiger partial charge in [-0.3, -0.25) is 4.79 Å². The second-order valence-electron chi connectivity index (χ2n) is 6.78. The smallest absolute Gasteiger partial charge is 0.314 e. The lowest BCUT2D eigenvalue weighted by Crippen LogP contribution is -2.54. The maximum absolute atomic E-state index is 13.2. The molecule has 114 valence electrons. The number of halogens is 2. The van der Waals surface area contributed by atoms with Crippen LogP contribution < -0.4 is 0 Å². The van der Waals surface area contributed by atoms with Gasteiger partial charge in [-0.25, -0.2) is 4.39 Å². The minimum absolute atomic E-state index is 0.159. The van der Waals surface area contributed by atoms with Gasteiger partial charge in [0.15, 0.2) is 0 Å². The van der Waals surface area contributed by atoms with Crippen LogP contribution >= 0.6 is 11.6 Å². The van der Waals surface area contributed by atoms with Crippen molar-refractivity contribution in [3.05, 3.63) is 34.6 Å². The number of aliphatic carboxylic acids is 1. The third kappa shape index (κ3) is 2.46. The van der Waals surface area contributed by atoms with Gasteiger partial charge in [-0.1, -0.05) is 43.4 Å².